The van der Waals surface area contributed by atoms with Gasteiger partial charge in [0.05, 0.1) is 19.0 Å². The number of thiophene rings is 1. The van der Waals surface area contributed by atoms with Crippen LogP contribution >= 0.6 is 11.3 Å². The molecule has 1 aliphatic heterocycles. The third-order valence-electron chi connectivity index (χ3n) is 3.60. The van der Waals surface area contributed by atoms with Gasteiger partial charge in [-0.25, -0.2) is 0 Å². The summed E-state index contributed by atoms with van der Waals surface area (Å²) in [6.45, 7) is 5.15. The first-order valence-corrected chi connectivity index (χ1v) is 8.28. The van der Waals surface area contributed by atoms with E-state index in [1.165, 1.54) is 4.88 Å². The third kappa shape index (κ3) is 3.94. The highest BCUT2D eigenvalue weighted by Crippen LogP contribution is 2.18. The summed E-state index contributed by atoms with van der Waals surface area (Å²) in [4.78, 5) is 14.7. The molecule has 0 aliphatic carbocycles. The first kappa shape index (κ1) is 15.2. The number of nitrogens with zero attached hydrogens (tertiary/aromatic N) is 4. The third-order valence-corrected chi connectivity index (χ3v) is 4.46. The van der Waals surface area contributed by atoms with Crippen molar-refractivity contribution >= 4 is 17.2 Å². The highest BCUT2D eigenvalue weighted by molar-refractivity contribution is 7.09. The zero-order valence-electron chi connectivity index (χ0n) is 12.4. The Balaban J connectivity index is 1.54. The van der Waals surface area contributed by atoms with Crippen molar-refractivity contribution < 1.29 is 9.84 Å². The molecule has 2 aromatic rings. The van der Waals surface area contributed by atoms with Crippen molar-refractivity contribution in [2.45, 2.75) is 6.54 Å². The van der Waals surface area contributed by atoms with Crippen LogP contribution in [0.2, 0.25) is 0 Å². The molecule has 1 saturated heterocycles. The molecule has 0 atom stereocenters. The Morgan fingerprint density at radius 2 is 2.09 bits per heavy atom. The van der Waals surface area contributed by atoms with Gasteiger partial charge in [0.25, 0.3) is 0 Å². The summed E-state index contributed by atoms with van der Waals surface area (Å²) < 4.78 is 5.32. The molecule has 0 spiro atoms. The van der Waals surface area contributed by atoms with Crippen LogP contribution in [-0.4, -0.2) is 59.4 Å². The number of piperazine rings is 1. The Hall–Kier alpha value is -1.70. The zero-order chi connectivity index (χ0) is 15.2. The minimum Gasteiger partial charge on any atom is -0.474 e. The van der Waals surface area contributed by atoms with E-state index in [0.717, 1.165) is 38.5 Å². The van der Waals surface area contributed by atoms with Crippen LogP contribution in [0.15, 0.2) is 29.9 Å². The monoisotopic (exact) mass is 320 g/mol. The van der Waals surface area contributed by atoms with Crippen LogP contribution in [0.25, 0.3) is 0 Å². The number of aliphatic hydroxyl groups excluding tert-OH is 1. The lowest BCUT2D eigenvalue weighted by molar-refractivity contribution is 0.196. The molecule has 22 heavy (non-hydrogen) atoms. The number of ether oxygens (including phenoxy) is 1. The summed E-state index contributed by atoms with van der Waals surface area (Å²) in [6, 6.07) is 4.29. The fourth-order valence-electron chi connectivity index (χ4n) is 2.47. The molecule has 0 aromatic carbocycles. The molecular formula is C15H20N4O2S. The van der Waals surface area contributed by atoms with Crippen molar-refractivity contribution in [2.24, 2.45) is 0 Å². The second-order valence-corrected chi connectivity index (χ2v) is 6.16. The standard InChI is InChI=1S/C15H20N4O2S/c20-7-8-21-15-11-16-10-14(17-15)19-5-3-18(4-6-19)12-13-2-1-9-22-13/h1-2,9-11,20H,3-8,12H2. The van der Waals surface area contributed by atoms with E-state index in [2.05, 4.69) is 37.3 Å². The summed E-state index contributed by atoms with van der Waals surface area (Å²) in [6.07, 6.45) is 3.34. The van der Waals surface area contributed by atoms with Crippen LogP contribution in [0.4, 0.5) is 5.82 Å². The molecule has 1 aliphatic rings. The highest BCUT2D eigenvalue weighted by atomic mass is 32.1. The molecule has 0 bridgehead atoms. The lowest BCUT2D eigenvalue weighted by Gasteiger charge is -2.35. The van der Waals surface area contributed by atoms with Crippen molar-refractivity contribution in [3.05, 3.63) is 34.8 Å². The molecule has 1 fully saturated rings. The van der Waals surface area contributed by atoms with Crippen LogP contribution in [0, 0.1) is 0 Å². The molecule has 7 heteroatoms. The molecule has 0 unspecified atom stereocenters. The van der Waals surface area contributed by atoms with Crippen molar-refractivity contribution in [3.63, 3.8) is 0 Å². The summed E-state index contributed by atoms with van der Waals surface area (Å²) >= 11 is 1.81. The Kier molecular flexibility index (Phi) is 5.20. The second kappa shape index (κ2) is 7.53. The van der Waals surface area contributed by atoms with E-state index in [1.807, 2.05) is 11.3 Å². The Labute approximate surface area is 134 Å². The minimum absolute atomic E-state index is 0.0205. The maximum atomic E-state index is 8.79. The number of hydrogen-bond acceptors (Lipinski definition) is 7. The van der Waals surface area contributed by atoms with Crippen LogP contribution in [0.1, 0.15) is 4.88 Å². The molecule has 1 N–H and O–H groups in total. The molecule has 118 valence electrons. The maximum Gasteiger partial charge on any atom is 0.234 e. The average molecular weight is 320 g/mol. The number of aromatic nitrogens is 2. The van der Waals surface area contributed by atoms with Gasteiger partial charge in [-0.15, -0.1) is 11.3 Å². The quantitative estimate of drug-likeness (QED) is 0.864. The molecule has 0 saturated carbocycles. The van der Waals surface area contributed by atoms with E-state index in [-0.39, 0.29) is 13.2 Å². The minimum atomic E-state index is -0.0205. The first-order chi connectivity index (χ1) is 10.8. The van der Waals surface area contributed by atoms with Gasteiger partial charge in [0.2, 0.25) is 5.88 Å². The molecule has 6 nitrogen and oxygen atoms in total. The Morgan fingerprint density at radius 3 is 2.82 bits per heavy atom. The number of rotatable bonds is 6. The SMILES string of the molecule is OCCOc1cncc(N2CCN(Cc3cccs3)CC2)n1. The van der Waals surface area contributed by atoms with E-state index in [1.54, 1.807) is 12.4 Å². The molecule has 0 radical (unpaired) electrons. The molecule has 2 aromatic heterocycles. The fraction of sp³-hybridized carbons (Fsp3) is 0.467. The average Bonchev–Trinajstić information content (AvgIpc) is 3.07. The summed E-state index contributed by atoms with van der Waals surface area (Å²) in [5, 5.41) is 10.9. The number of hydrogen-bond donors (Lipinski definition) is 1. The smallest absolute Gasteiger partial charge is 0.234 e. The lowest BCUT2D eigenvalue weighted by atomic mass is 10.3. The van der Waals surface area contributed by atoms with E-state index < -0.39 is 0 Å². The fourth-order valence-corrected chi connectivity index (χ4v) is 3.21. The maximum absolute atomic E-state index is 8.79. The van der Waals surface area contributed by atoms with Gasteiger partial charge in [-0.3, -0.25) is 9.88 Å². The predicted molar refractivity (Wildman–Crippen MR) is 86.4 cm³/mol. The predicted octanol–water partition coefficient (Wildman–Crippen LogP) is 1.23. The normalized spacial score (nSPS) is 16.0. The van der Waals surface area contributed by atoms with Gasteiger partial charge in [0.1, 0.15) is 6.61 Å². The molecule has 0 amide bonds. The summed E-state index contributed by atoms with van der Waals surface area (Å²) in [5.41, 5.74) is 0. The van der Waals surface area contributed by atoms with Crippen molar-refractivity contribution in [3.8, 4) is 5.88 Å². The van der Waals surface area contributed by atoms with E-state index in [4.69, 9.17) is 9.84 Å². The van der Waals surface area contributed by atoms with Crippen molar-refractivity contribution in [1.29, 1.82) is 0 Å². The van der Waals surface area contributed by atoms with Crippen LogP contribution in [-0.2, 0) is 6.54 Å². The van der Waals surface area contributed by atoms with Gasteiger partial charge in [0.15, 0.2) is 5.82 Å². The summed E-state index contributed by atoms with van der Waals surface area (Å²) in [5.74, 6) is 1.30. The number of aliphatic hydroxyl groups is 1. The van der Waals surface area contributed by atoms with E-state index in [0.29, 0.717) is 5.88 Å². The molecule has 3 rings (SSSR count). The van der Waals surface area contributed by atoms with E-state index in [9.17, 15) is 0 Å². The van der Waals surface area contributed by atoms with Crippen molar-refractivity contribution in [2.75, 3.05) is 44.3 Å². The Bertz CT molecular complexity index is 571. The van der Waals surface area contributed by atoms with Crippen LogP contribution in [0.5, 0.6) is 5.88 Å². The van der Waals surface area contributed by atoms with Crippen LogP contribution < -0.4 is 9.64 Å². The molecule has 3 heterocycles. The second-order valence-electron chi connectivity index (χ2n) is 5.13. The van der Waals surface area contributed by atoms with Crippen LogP contribution in [0.3, 0.4) is 0 Å². The highest BCUT2D eigenvalue weighted by Gasteiger charge is 2.19. The van der Waals surface area contributed by atoms with Gasteiger partial charge < -0.3 is 14.7 Å². The van der Waals surface area contributed by atoms with Gasteiger partial charge in [-0.1, -0.05) is 6.07 Å². The van der Waals surface area contributed by atoms with Gasteiger partial charge in [-0.2, -0.15) is 4.98 Å². The topological polar surface area (TPSA) is 61.7 Å². The molecular weight excluding hydrogens is 300 g/mol. The van der Waals surface area contributed by atoms with Gasteiger partial charge in [-0.05, 0) is 11.4 Å². The Morgan fingerprint density at radius 1 is 1.23 bits per heavy atom. The van der Waals surface area contributed by atoms with Gasteiger partial charge >= 0.3 is 0 Å². The van der Waals surface area contributed by atoms with E-state index >= 15 is 0 Å². The largest absolute Gasteiger partial charge is 0.474 e. The first-order valence-electron chi connectivity index (χ1n) is 7.40. The van der Waals surface area contributed by atoms with Crippen molar-refractivity contribution in [1.82, 2.24) is 14.9 Å². The van der Waals surface area contributed by atoms with Gasteiger partial charge in [0, 0.05) is 37.6 Å². The lowest BCUT2D eigenvalue weighted by Crippen LogP contribution is -2.46. The summed E-state index contributed by atoms with van der Waals surface area (Å²) in [7, 11) is 0. The number of anilines is 1. The zero-order valence-corrected chi connectivity index (χ0v) is 13.2.